The van der Waals surface area contributed by atoms with E-state index in [1.165, 1.54) is 12.1 Å². The average Bonchev–Trinajstić information content (AvgIpc) is 2.49. The Morgan fingerprint density at radius 1 is 1.52 bits per heavy atom. The van der Waals surface area contributed by atoms with Crippen LogP contribution in [0.4, 0.5) is 4.39 Å². The molecule has 116 valence electrons. The van der Waals surface area contributed by atoms with E-state index in [1.54, 1.807) is 17.0 Å². The lowest BCUT2D eigenvalue weighted by molar-refractivity contribution is -0.146. The minimum absolute atomic E-state index is 0.0336. The van der Waals surface area contributed by atoms with Gasteiger partial charge in [-0.1, -0.05) is 12.1 Å². The first-order chi connectivity index (χ1) is 10.1. The molecule has 0 radical (unpaired) electrons. The van der Waals surface area contributed by atoms with Gasteiger partial charge in [-0.05, 0) is 19.1 Å². The molecule has 1 fully saturated rings. The molecule has 1 amide bonds. The predicted molar refractivity (Wildman–Crippen MR) is 74.5 cm³/mol. The lowest BCUT2D eigenvalue weighted by Gasteiger charge is -2.37. The van der Waals surface area contributed by atoms with Crippen LogP contribution in [0, 0.1) is 5.82 Å². The smallest absolute Gasteiger partial charge is 0.226 e. The Morgan fingerprint density at radius 3 is 3.00 bits per heavy atom. The van der Waals surface area contributed by atoms with Gasteiger partial charge in [0.1, 0.15) is 0 Å². The first-order valence-electron chi connectivity index (χ1n) is 7.01. The van der Waals surface area contributed by atoms with Gasteiger partial charge in [-0.25, -0.2) is 4.39 Å². The first kappa shape index (κ1) is 15.7. The molecule has 21 heavy (non-hydrogen) atoms. The zero-order valence-corrected chi connectivity index (χ0v) is 12.0. The molecule has 0 aliphatic carbocycles. The van der Waals surface area contributed by atoms with Crippen molar-refractivity contribution in [1.82, 2.24) is 4.90 Å². The number of para-hydroxylation sites is 1. The fourth-order valence-electron chi connectivity index (χ4n) is 2.23. The first-order valence-corrected chi connectivity index (χ1v) is 7.01. The second-order valence-corrected chi connectivity index (χ2v) is 5.06. The number of halogens is 1. The van der Waals surface area contributed by atoms with Crippen LogP contribution in [0.25, 0.3) is 0 Å². The van der Waals surface area contributed by atoms with E-state index in [1.807, 2.05) is 6.92 Å². The van der Waals surface area contributed by atoms with Crippen molar-refractivity contribution in [2.24, 2.45) is 0 Å². The predicted octanol–water partition coefficient (Wildman–Crippen LogP) is 1.20. The molecule has 2 rings (SSSR count). The summed E-state index contributed by atoms with van der Waals surface area (Å²) in [6, 6.07) is 6.06. The van der Waals surface area contributed by atoms with Gasteiger partial charge in [-0.3, -0.25) is 4.79 Å². The lowest BCUT2D eigenvalue weighted by Crippen LogP contribution is -2.52. The summed E-state index contributed by atoms with van der Waals surface area (Å²) in [5.41, 5.74) is 0. The van der Waals surface area contributed by atoms with Crippen molar-refractivity contribution < 1.29 is 23.8 Å². The third kappa shape index (κ3) is 4.15. The third-order valence-electron chi connectivity index (χ3n) is 3.44. The Labute approximate surface area is 123 Å². The van der Waals surface area contributed by atoms with Crippen LogP contribution >= 0.6 is 0 Å². The second-order valence-electron chi connectivity index (χ2n) is 5.06. The van der Waals surface area contributed by atoms with E-state index in [4.69, 9.17) is 14.6 Å². The second kappa shape index (κ2) is 7.38. The number of amides is 1. The van der Waals surface area contributed by atoms with Gasteiger partial charge >= 0.3 is 0 Å². The van der Waals surface area contributed by atoms with Crippen molar-refractivity contribution in [3.05, 3.63) is 30.1 Å². The quantitative estimate of drug-likeness (QED) is 0.887. The molecule has 0 bridgehead atoms. The Kier molecular flexibility index (Phi) is 5.52. The van der Waals surface area contributed by atoms with Gasteiger partial charge in [0.25, 0.3) is 0 Å². The molecular formula is C15H20FNO4. The van der Waals surface area contributed by atoms with E-state index in [0.29, 0.717) is 13.2 Å². The van der Waals surface area contributed by atoms with Crippen molar-refractivity contribution in [2.75, 3.05) is 26.4 Å². The van der Waals surface area contributed by atoms with Crippen LogP contribution < -0.4 is 4.74 Å². The van der Waals surface area contributed by atoms with E-state index in [0.717, 1.165) is 0 Å². The van der Waals surface area contributed by atoms with Crippen LogP contribution in [0.1, 0.15) is 13.3 Å². The minimum atomic E-state index is -0.440. The molecule has 0 aromatic heterocycles. The van der Waals surface area contributed by atoms with E-state index < -0.39 is 5.82 Å². The number of morpholine rings is 1. The topological polar surface area (TPSA) is 59.0 Å². The average molecular weight is 297 g/mol. The molecule has 6 heteroatoms. The molecule has 0 spiro atoms. The summed E-state index contributed by atoms with van der Waals surface area (Å²) in [4.78, 5) is 13.8. The lowest BCUT2D eigenvalue weighted by atomic mass is 10.2. The van der Waals surface area contributed by atoms with Crippen LogP contribution in [0.5, 0.6) is 5.75 Å². The molecule has 0 saturated carbocycles. The van der Waals surface area contributed by atoms with Gasteiger partial charge < -0.3 is 19.5 Å². The zero-order chi connectivity index (χ0) is 15.2. The number of aliphatic hydroxyl groups is 1. The molecular weight excluding hydrogens is 277 g/mol. The summed E-state index contributed by atoms with van der Waals surface area (Å²) in [5, 5.41) is 9.10. The highest BCUT2D eigenvalue weighted by Gasteiger charge is 2.28. The van der Waals surface area contributed by atoms with E-state index in [9.17, 15) is 9.18 Å². The maximum atomic E-state index is 13.4. The highest BCUT2D eigenvalue weighted by Crippen LogP contribution is 2.16. The molecule has 1 aliphatic heterocycles. The standard InChI is InChI=1S/C15H20FNO4/c1-11-10-21-12(9-18)8-17(11)15(19)6-7-20-14-5-3-2-4-13(14)16/h2-5,11-12,18H,6-10H2,1H3. The molecule has 2 unspecified atom stereocenters. The fourth-order valence-corrected chi connectivity index (χ4v) is 2.23. The van der Waals surface area contributed by atoms with Crippen LogP contribution in [-0.2, 0) is 9.53 Å². The van der Waals surface area contributed by atoms with Gasteiger partial charge in [-0.2, -0.15) is 0 Å². The van der Waals surface area contributed by atoms with Gasteiger partial charge in [0.05, 0.1) is 38.4 Å². The highest BCUT2D eigenvalue weighted by molar-refractivity contribution is 5.76. The number of carbonyl (C=O) groups excluding carboxylic acids is 1. The summed E-state index contributed by atoms with van der Waals surface area (Å²) in [6.07, 6.45) is -0.172. The van der Waals surface area contributed by atoms with Crippen molar-refractivity contribution >= 4 is 5.91 Å². The van der Waals surface area contributed by atoms with Crippen molar-refractivity contribution in [3.63, 3.8) is 0 Å². The van der Waals surface area contributed by atoms with Gasteiger partial charge in [0.15, 0.2) is 11.6 Å². The highest BCUT2D eigenvalue weighted by atomic mass is 19.1. The molecule has 2 atom stereocenters. The summed E-state index contributed by atoms with van der Waals surface area (Å²) < 4.78 is 24.0. The van der Waals surface area contributed by atoms with Gasteiger partial charge in [-0.15, -0.1) is 0 Å². The number of benzene rings is 1. The number of hydrogen-bond donors (Lipinski definition) is 1. The monoisotopic (exact) mass is 297 g/mol. The van der Waals surface area contributed by atoms with Gasteiger partial charge in [0.2, 0.25) is 5.91 Å². The summed E-state index contributed by atoms with van der Waals surface area (Å²) in [5.74, 6) is -0.376. The van der Waals surface area contributed by atoms with Crippen molar-refractivity contribution in [2.45, 2.75) is 25.5 Å². The molecule has 1 aromatic rings. The molecule has 1 heterocycles. The van der Waals surface area contributed by atoms with E-state index in [2.05, 4.69) is 0 Å². The third-order valence-corrected chi connectivity index (χ3v) is 3.44. The maximum Gasteiger partial charge on any atom is 0.226 e. The fraction of sp³-hybridized carbons (Fsp3) is 0.533. The Morgan fingerprint density at radius 2 is 2.29 bits per heavy atom. The molecule has 5 nitrogen and oxygen atoms in total. The number of aliphatic hydroxyl groups excluding tert-OH is 1. The number of carbonyl (C=O) groups is 1. The SMILES string of the molecule is CC1COC(CO)CN1C(=O)CCOc1ccccc1F. The number of ether oxygens (including phenoxy) is 2. The number of nitrogens with zero attached hydrogens (tertiary/aromatic N) is 1. The zero-order valence-electron chi connectivity index (χ0n) is 12.0. The maximum absolute atomic E-state index is 13.4. The number of hydrogen-bond acceptors (Lipinski definition) is 4. The Balaban J connectivity index is 1.82. The van der Waals surface area contributed by atoms with Crippen molar-refractivity contribution in [1.29, 1.82) is 0 Å². The van der Waals surface area contributed by atoms with Crippen LogP contribution in [-0.4, -0.2) is 54.4 Å². The summed E-state index contributed by atoms with van der Waals surface area (Å²) in [6.45, 7) is 2.68. The molecule has 1 aliphatic rings. The number of rotatable bonds is 5. The Bertz CT molecular complexity index is 482. The molecule has 1 aromatic carbocycles. The largest absolute Gasteiger partial charge is 0.490 e. The van der Waals surface area contributed by atoms with E-state index in [-0.39, 0.29) is 43.4 Å². The van der Waals surface area contributed by atoms with Crippen LogP contribution in [0.2, 0.25) is 0 Å². The van der Waals surface area contributed by atoms with Crippen LogP contribution in [0.3, 0.4) is 0 Å². The Hall–Kier alpha value is -1.66. The normalized spacial score (nSPS) is 22.1. The minimum Gasteiger partial charge on any atom is -0.490 e. The van der Waals surface area contributed by atoms with Gasteiger partial charge in [0, 0.05) is 6.54 Å². The van der Waals surface area contributed by atoms with Crippen molar-refractivity contribution in [3.8, 4) is 5.75 Å². The molecule has 1 saturated heterocycles. The summed E-state index contributed by atoms with van der Waals surface area (Å²) in [7, 11) is 0. The van der Waals surface area contributed by atoms with E-state index >= 15 is 0 Å². The van der Waals surface area contributed by atoms with Crippen LogP contribution in [0.15, 0.2) is 24.3 Å². The molecule has 1 N–H and O–H groups in total. The summed E-state index contributed by atoms with van der Waals surface area (Å²) >= 11 is 0.